The van der Waals surface area contributed by atoms with Crippen LogP contribution >= 0.6 is 11.6 Å². The van der Waals surface area contributed by atoms with Gasteiger partial charge in [-0.2, -0.15) is 5.10 Å². The van der Waals surface area contributed by atoms with E-state index >= 15 is 0 Å². The van der Waals surface area contributed by atoms with E-state index in [0.717, 1.165) is 12.8 Å². The maximum absolute atomic E-state index is 12.4. The summed E-state index contributed by atoms with van der Waals surface area (Å²) in [7, 11) is 1.89. The summed E-state index contributed by atoms with van der Waals surface area (Å²) in [5, 5.41) is 5.20. The average molecular weight is 303 g/mol. The van der Waals surface area contributed by atoms with Crippen LogP contribution in [0.2, 0.25) is 5.02 Å². The molecule has 21 heavy (non-hydrogen) atoms. The maximum Gasteiger partial charge on any atom is 0.261 e. The van der Waals surface area contributed by atoms with Gasteiger partial charge in [0.05, 0.1) is 28.4 Å². The molecule has 0 saturated heterocycles. The van der Waals surface area contributed by atoms with Crippen molar-refractivity contribution in [3.05, 3.63) is 57.9 Å². The zero-order chi connectivity index (χ0) is 14.8. The van der Waals surface area contributed by atoms with Gasteiger partial charge in [0.1, 0.15) is 0 Å². The van der Waals surface area contributed by atoms with Gasteiger partial charge in [-0.25, -0.2) is 4.98 Å². The molecular formula is C15H15ClN4O. The summed E-state index contributed by atoms with van der Waals surface area (Å²) in [4.78, 5) is 16.7. The number of fused-ring (bicyclic) bond motifs is 1. The Balaban J connectivity index is 1.78. The molecule has 0 amide bonds. The summed E-state index contributed by atoms with van der Waals surface area (Å²) >= 11 is 6.05. The van der Waals surface area contributed by atoms with Gasteiger partial charge in [0, 0.05) is 19.8 Å². The third-order valence-electron chi connectivity index (χ3n) is 3.43. The van der Waals surface area contributed by atoms with E-state index in [2.05, 4.69) is 10.1 Å². The van der Waals surface area contributed by atoms with Crippen molar-refractivity contribution in [2.75, 3.05) is 0 Å². The topological polar surface area (TPSA) is 52.7 Å². The highest BCUT2D eigenvalue weighted by molar-refractivity contribution is 6.34. The predicted molar refractivity (Wildman–Crippen MR) is 82.5 cm³/mol. The second-order valence-corrected chi connectivity index (χ2v) is 5.41. The molecule has 0 spiro atoms. The lowest BCUT2D eigenvalue weighted by molar-refractivity contribution is 0.617. The number of nitrogens with zero attached hydrogens (tertiary/aromatic N) is 4. The van der Waals surface area contributed by atoms with Crippen LogP contribution in [0, 0.1) is 0 Å². The zero-order valence-corrected chi connectivity index (χ0v) is 12.4. The van der Waals surface area contributed by atoms with Crippen LogP contribution in [0.3, 0.4) is 0 Å². The van der Waals surface area contributed by atoms with Crippen molar-refractivity contribution in [3.63, 3.8) is 0 Å². The van der Waals surface area contributed by atoms with Crippen molar-refractivity contribution >= 4 is 22.5 Å². The first-order chi connectivity index (χ1) is 10.1. The Morgan fingerprint density at radius 1 is 1.33 bits per heavy atom. The van der Waals surface area contributed by atoms with Gasteiger partial charge in [-0.3, -0.25) is 14.0 Å². The standard InChI is InChI=1S/C15H15ClN4O/c1-19-9-11(8-18-19)4-3-7-20-10-17-14-12(15(20)21)5-2-6-13(14)16/h2,5-6,8-10H,3-4,7H2,1H3. The van der Waals surface area contributed by atoms with Crippen LogP contribution in [0.1, 0.15) is 12.0 Å². The Morgan fingerprint density at radius 3 is 2.95 bits per heavy atom. The van der Waals surface area contributed by atoms with Gasteiger partial charge >= 0.3 is 0 Å². The summed E-state index contributed by atoms with van der Waals surface area (Å²) in [6.45, 7) is 0.628. The molecule has 5 nitrogen and oxygen atoms in total. The highest BCUT2D eigenvalue weighted by Gasteiger charge is 2.06. The number of hydrogen-bond donors (Lipinski definition) is 0. The molecule has 0 atom stereocenters. The number of benzene rings is 1. The molecule has 0 aliphatic heterocycles. The van der Waals surface area contributed by atoms with Gasteiger partial charge in [-0.05, 0) is 30.5 Å². The zero-order valence-electron chi connectivity index (χ0n) is 11.7. The van der Waals surface area contributed by atoms with Crippen LogP contribution in [0.5, 0.6) is 0 Å². The van der Waals surface area contributed by atoms with Crippen LogP contribution in [0.4, 0.5) is 0 Å². The molecule has 0 fully saturated rings. The summed E-state index contributed by atoms with van der Waals surface area (Å²) in [5.41, 5.74) is 1.68. The molecule has 2 aromatic heterocycles. The largest absolute Gasteiger partial charge is 0.299 e. The van der Waals surface area contributed by atoms with Gasteiger partial charge in [-0.15, -0.1) is 0 Å². The molecule has 2 heterocycles. The van der Waals surface area contributed by atoms with Crippen molar-refractivity contribution in [2.24, 2.45) is 7.05 Å². The van der Waals surface area contributed by atoms with Crippen molar-refractivity contribution in [1.82, 2.24) is 19.3 Å². The van der Waals surface area contributed by atoms with E-state index in [9.17, 15) is 4.79 Å². The number of para-hydroxylation sites is 1. The minimum atomic E-state index is -0.0475. The highest BCUT2D eigenvalue weighted by atomic mass is 35.5. The van der Waals surface area contributed by atoms with Crippen LogP contribution in [0.25, 0.3) is 10.9 Å². The first-order valence-electron chi connectivity index (χ1n) is 6.76. The van der Waals surface area contributed by atoms with Gasteiger partial charge in [0.15, 0.2) is 0 Å². The Bertz CT molecular complexity index is 837. The Kier molecular flexibility index (Phi) is 3.75. The lowest BCUT2D eigenvalue weighted by Gasteiger charge is -2.06. The van der Waals surface area contributed by atoms with E-state index in [-0.39, 0.29) is 5.56 Å². The lowest BCUT2D eigenvalue weighted by Crippen LogP contribution is -2.21. The Hall–Kier alpha value is -2.14. The molecule has 108 valence electrons. The third-order valence-corrected chi connectivity index (χ3v) is 3.73. The predicted octanol–water partition coefficient (Wildman–Crippen LogP) is 2.42. The fraction of sp³-hybridized carbons (Fsp3) is 0.267. The van der Waals surface area contributed by atoms with E-state index in [1.165, 1.54) is 5.56 Å². The molecule has 3 aromatic rings. The van der Waals surface area contributed by atoms with E-state index in [4.69, 9.17) is 11.6 Å². The summed E-state index contributed by atoms with van der Waals surface area (Å²) in [6.07, 6.45) is 7.15. The molecule has 0 aliphatic rings. The minimum Gasteiger partial charge on any atom is -0.299 e. The summed E-state index contributed by atoms with van der Waals surface area (Å²) in [6, 6.07) is 5.27. The maximum atomic E-state index is 12.4. The van der Waals surface area contributed by atoms with Crippen molar-refractivity contribution in [2.45, 2.75) is 19.4 Å². The summed E-state index contributed by atoms with van der Waals surface area (Å²) < 4.78 is 3.41. The normalized spacial score (nSPS) is 11.1. The number of hydrogen-bond acceptors (Lipinski definition) is 3. The average Bonchev–Trinajstić information content (AvgIpc) is 2.88. The van der Waals surface area contributed by atoms with Gasteiger partial charge in [0.25, 0.3) is 5.56 Å². The van der Waals surface area contributed by atoms with E-state index in [1.807, 2.05) is 19.4 Å². The molecule has 0 N–H and O–H groups in total. The number of halogens is 1. The smallest absolute Gasteiger partial charge is 0.261 e. The Labute approximate surface area is 126 Å². The van der Waals surface area contributed by atoms with Crippen molar-refractivity contribution < 1.29 is 0 Å². The van der Waals surface area contributed by atoms with Gasteiger partial charge in [0.2, 0.25) is 0 Å². The van der Waals surface area contributed by atoms with Crippen molar-refractivity contribution in [1.29, 1.82) is 0 Å². The molecule has 1 aromatic carbocycles. The SMILES string of the molecule is Cn1cc(CCCn2cnc3c(Cl)cccc3c2=O)cn1. The number of aryl methyl sites for hydroxylation is 3. The quantitative estimate of drug-likeness (QED) is 0.744. The first kappa shape index (κ1) is 13.8. The van der Waals surface area contributed by atoms with E-state index in [1.54, 1.807) is 33.8 Å². The van der Waals surface area contributed by atoms with Crippen LogP contribution in [-0.2, 0) is 20.0 Å². The second-order valence-electron chi connectivity index (χ2n) is 5.00. The molecule has 3 rings (SSSR count). The van der Waals surface area contributed by atoms with E-state index in [0.29, 0.717) is 22.5 Å². The minimum absolute atomic E-state index is 0.0475. The van der Waals surface area contributed by atoms with Gasteiger partial charge in [-0.1, -0.05) is 17.7 Å². The van der Waals surface area contributed by atoms with Crippen LogP contribution < -0.4 is 5.56 Å². The lowest BCUT2D eigenvalue weighted by atomic mass is 10.2. The van der Waals surface area contributed by atoms with Crippen LogP contribution in [-0.4, -0.2) is 19.3 Å². The highest BCUT2D eigenvalue weighted by Crippen LogP contribution is 2.17. The Morgan fingerprint density at radius 2 is 2.19 bits per heavy atom. The fourth-order valence-corrected chi connectivity index (χ4v) is 2.59. The molecule has 0 saturated carbocycles. The molecule has 6 heteroatoms. The van der Waals surface area contributed by atoms with Crippen LogP contribution in [0.15, 0.2) is 41.7 Å². The fourth-order valence-electron chi connectivity index (χ4n) is 2.37. The third kappa shape index (κ3) is 2.83. The van der Waals surface area contributed by atoms with Crippen molar-refractivity contribution in [3.8, 4) is 0 Å². The molecule has 0 bridgehead atoms. The molecular weight excluding hydrogens is 288 g/mol. The summed E-state index contributed by atoms with van der Waals surface area (Å²) in [5.74, 6) is 0. The van der Waals surface area contributed by atoms with Gasteiger partial charge < -0.3 is 0 Å². The second kappa shape index (κ2) is 5.69. The monoisotopic (exact) mass is 302 g/mol. The molecule has 0 radical (unpaired) electrons. The number of aromatic nitrogens is 4. The molecule has 0 unspecified atom stereocenters. The van der Waals surface area contributed by atoms with E-state index < -0.39 is 0 Å². The number of rotatable bonds is 4. The molecule has 0 aliphatic carbocycles. The first-order valence-corrected chi connectivity index (χ1v) is 7.14.